The molecule has 0 N–H and O–H groups in total. The van der Waals surface area contributed by atoms with Gasteiger partial charge in [-0.15, -0.1) is 0 Å². The first-order valence-corrected chi connectivity index (χ1v) is 8.44. The summed E-state index contributed by atoms with van der Waals surface area (Å²) in [5.41, 5.74) is 1.35. The monoisotopic (exact) mass is 302 g/mol. The molecule has 2 aliphatic heterocycles. The largest absolute Gasteiger partial charge is 0.323 e. The molecule has 120 valence electrons. The molecule has 3 rings (SSSR count). The summed E-state index contributed by atoms with van der Waals surface area (Å²) in [5, 5.41) is 0. The molecule has 0 aliphatic carbocycles. The van der Waals surface area contributed by atoms with Gasteiger partial charge in [0.05, 0.1) is 0 Å². The van der Waals surface area contributed by atoms with E-state index in [9.17, 15) is 4.79 Å². The maximum absolute atomic E-state index is 12.3. The van der Waals surface area contributed by atoms with Gasteiger partial charge in [0.15, 0.2) is 0 Å². The van der Waals surface area contributed by atoms with Gasteiger partial charge in [-0.3, -0.25) is 4.98 Å². The van der Waals surface area contributed by atoms with Gasteiger partial charge in [-0.1, -0.05) is 0 Å². The molecular formula is C17H26N4O. The van der Waals surface area contributed by atoms with Gasteiger partial charge in [0.1, 0.15) is 0 Å². The van der Waals surface area contributed by atoms with Crippen molar-refractivity contribution in [1.29, 1.82) is 0 Å². The smallest absolute Gasteiger partial charge is 0.320 e. The lowest BCUT2D eigenvalue weighted by atomic mass is 10.0. The minimum absolute atomic E-state index is 0.248. The summed E-state index contributed by atoms with van der Waals surface area (Å²) in [6.07, 6.45) is 7.03. The van der Waals surface area contributed by atoms with Crippen molar-refractivity contribution in [2.24, 2.45) is 0 Å². The summed E-state index contributed by atoms with van der Waals surface area (Å²) in [6, 6.07) is 4.88. The van der Waals surface area contributed by atoms with Crippen molar-refractivity contribution in [1.82, 2.24) is 19.7 Å². The van der Waals surface area contributed by atoms with E-state index in [0.717, 1.165) is 58.5 Å². The van der Waals surface area contributed by atoms with E-state index in [4.69, 9.17) is 0 Å². The Morgan fingerprint density at radius 2 is 1.86 bits per heavy atom. The van der Waals surface area contributed by atoms with Crippen LogP contribution in [0.4, 0.5) is 4.79 Å². The van der Waals surface area contributed by atoms with Crippen molar-refractivity contribution >= 4 is 6.03 Å². The minimum atomic E-state index is 0.248. The fourth-order valence-corrected chi connectivity index (χ4v) is 3.52. The number of hydrogen-bond acceptors (Lipinski definition) is 3. The summed E-state index contributed by atoms with van der Waals surface area (Å²) in [7, 11) is 0. The van der Waals surface area contributed by atoms with Gasteiger partial charge in [-0.05, 0) is 43.9 Å². The average molecular weight is 302 g/mol. The Hall–Kier alpha value is -1.62. The molecule has 5 nitrogen and oxygen atoms in total. The Labute approximate surface area is 132 Å². The normalized spacial score (nSPS) is 20.9. The second-order valence-corrected chi connectivity index (χ2v) is 6.23. The number of pyridine rings is 1. The first-order chi connectivity index (χ1) is 10.8. The van der Waals surface area contributed by atoms with E-state index in [2.05, 4.69) is 33.8 Å². The van der Waals surface area contributed by atoms with Crippen LogP contribution in [0.25, 0.3) is 0 Å². The second-order valence-electron chi connectivity index (χ2n) is 6.23. The molecule has 2 saturated heterocycles. The average Bonchev–Trinajstić information content (AvgIpc) is 2.95. The minimum Gasteiger partial charge on any atom is -0.323 e. The van der Waals surface area contributed by atoms with Gasteiger partial charge in [0.2, 0.25) is 0 Å². The summed E-state index contributed by atoms with van der Waals surface area (Å²) in [5.74, 6) is 0. The third kappa shape index (κ3) is 3.40. The SMILES string of the molecule is CCN1CCN(C2CCN(CCc3ccncc3)CC2)C1=O. The molecule has 0 radical (unpaired) electrons. The van der Waals surface area contributed by atoms with E-state index in [1.807, 2.05) is 17.3 Å². The highest BCUT2D eigenvalue weighted by Gasteiger charge is 2.34. The molecule has 2 amide bonds. The lowest BCUT2D eigenvalue weighted by molar-refractivity contribution is 0.131. The fraction of sp³-hybridized carbons (Fsp3) is 0.647. The predicted molar refractivity (Wildman–Crippen MR) is 86.8 cm³/mol. The topological polar surface area (TPSA) is 39.7 Å². The number of likely N-dealkylation sites (N-methyl/N-ethyl adjacent to an activating group) is 1. The van der Waals surface area contributed by atoms with Crippen molar-refractivity contribution in [2.45, 2.75) is 32.2 Å². The number of carbonyl (C=O) groups excluding carboxylic acids is 1. The van der Waals surface area contributed by atoms with Crippen LogP contribution in [0.2, 0.25) is 0 Å². The summed E-state index contributed by atoms with van der Waals surface area (Å²) in [6.45, 7) is 8.01. The van der Waals surface area contributed by atoms with Gasteiger partial charge in [0, 0.05) is 57.7 Å². The Morgan fingerprint density at radius 1 is 1.14 bits per heavy atom. The molecule has 1 aromatic rings. The number of nitrogens with zero attached hydrogens (tertiary/aromatic N) is 4. The van der Waals surface area contributed by atoms with Crippen LogP contribution in [-0.4, -0.2) is 71.0 Å². The third-order valence-electron chi connectivity index (χ3n) is 4.97. The molecule has 0 bridgehead atoms. The number of carbonyl (C=O) groups is 1. The molecule has 0 spiro atoms. The number of aromatic nitrogens is 1. The van der Waals surface area contributed by atoms with E-state index in [1.165, 1.54) is 5.56 Å². The number of likely N-dealkylation sites (tertiary alicyclic amines) is 1. The molecule has 3 heterocycles. The zero-order valence-corrected chi connectivity index (χ0v) is 13.4. The van der Waals surface area contributed by atoms with Crippen LogP contribution in [0.5, 0.6) is 0 Å². The van der Waals surface area contributed by atoms with Crippen LogP contribution < -0.4 is 0 Å². The predicted octanol–water partition coefficient (Wildman–Crippen LogP) is 1.85. The fourth-order valence-electron chi connectivity index (χ4n) is 3.52. The molecule has 0 atom stereocenters. The number of amides is 2. The van der Waals surface area contributed by atoms with Crippen LogP contribution in [0.1, 0.15) is 25.3 Å². The Morgan fingerprint density at radius 3 is 2.50 bits per heavy atom. The van der Waals surface area contributed by atoms with Crippen molar-refractivity contribution in [3.63, 3.8) is 0 Å². The first-order valence-electron chi connectivity index (χ1n) is 8.44. The number of urea groups is 1. The van der Waals surface area contributed by atoms with Crippen molar-refractivity contribution in [3.8, 4) is 0 Å². The standard InChI is InChI=1S/C17H26N4O/c1-2-20-13-14-21(17(20)22)16-6-11-19(12-7-16)10-5-15-3-8-18-9-4-15/h3-4,8-9,16H,2,5-7,10-14H2,1H3. The van der Waals surface area contributed by atoms with Crippen molar-refractivity contribution in [3.05, 3.63) is 30.1 Å². The molecule has 0 aromatic carbocycles. The van der Waals surface area contributed by atoms with Crippen LogP contribution in [0.3, 0.4) is 0 Å². The summed E-state index contributed by atoms with van der Waals surface area (Å²) >= 11 is 0. The summed E-state index contributed by atoms with van der Waals surface area (Å²) in [4.78, 5) is 22.9. The first kappa shape index (κ1) is 15.3. The van der Waals surface area contributed by atoms with Crippen molar-refractivity contribution in [2.75, 3.05) is 39.3 Å². The Bertz CT molecular complexity index is 485. The molecule has 0 saturated carbocycles. The molecule has 2 fully saturated rings. The zero-order chi connectivity index (χ0) is 15.4. The lowest BCUT2D eigenvalue weighted by Gasteiger charge is -2.36. The van der Waals surface area contributed by atoms with Crippen LogP contribution in [0.15, 0.2) is 24.5 Å². The third-order valence-corrected chi connectivity index (χ3v) is 4.97. The molecule has 1 aromatic heterocycles. The highest BCUT2D eigenvalue weighted by molar-refractivity contribution is 5.76. The van der Waals surface area contributed by atoms with Gasteiger partial charge in [0.25, 0.3) is 0 Å². The van der Waals surface area contributed by atoms with Crippen LogP contribution in [-0.2, 0) is 6.42 Å². The van der Waals surface area contributed by atoms with Crippen LogP contribution in [0, 0.1) is 0 Å². The summed E-state index contributed by atoms with van der Waals surface area (Å²) < 4.78 is 0. The van der Waals surface area contributed by atoms with E-state index in [1.54, 1.807) is 0 Å². The van der Waals surface area contributed by atoms with E-state index >= 15 is 0 Å². The molecule has 0 unspecified atom stereocenters. The maximum atomic E-state index is 12.3. The maximum Gasteiger partial charge on any atom is 0.320 e. The van der Waals surface area contributed by atoms with Gasteiger partial charge < -0.3 is 14.7 Å². The molecule has 5 heteroatoms. The van der Waals surface area contributed by atoms with Gasteiger partial charge >= 0.3 is 6.03 Å². The quantitative estimate of drug-likeness (QED) is 0.833. The van der Waals surface area contributed by atoms with Crippen molar-refractivity contribution < 1.29 is 4.79 Å². The van der Waals surface area contributed by atoms with E-state index in [-0.39, 0.29) is 6.03 Å². The van der Waals surface area contributed by atoms with Gasteiger partial charge in [-0.2, -0.15) is 0 Å². The zero-order valence-electron chi connectivity index (χ0n) is 13.4. The van der Waals surface area contributed by atoms with Gasteiger partial charge in [-0.25, -0.2) is 4.79 Å². The Kier molecular flexibility index (Phi) is 4.93. The number of hydrogen-bond donors (Lipinski definition) is 0. The molecular weight excluding hydrogens is 276 g/mol. The number of rotatable bonds is 5. The molecule has 22 heavy (non-hydrogen) atoms. The van der Waals surface area contributed by atoms with E-state index in [0.29, 0.717) is 6.04 Å². The molecule has 2 aliphatic rings. The van der Waals surface area contributed by atoms with Crippen LogP contribution >= 0.6 is 0 Å². The highest BCUT2D eigenvalue weighted by Crippen LogP contribution is 2.21. The number of piperidine rings is 1. The Balaban J connectivity index is 1.44. The van der Waals surface area contributed by atoms with E-state index < -0.39 is 0 Å². The highest BCUT2D eigenvalue weighted by atomic mass is 16.2. The second kappa shape index (κ2) is 7.09. The lowest BCUT2D eigenvalue weighted by Crippen LogP contribution is -2.46.